The van der Waals surface area contributed by atoms with Crippen LogP contribution in [0.1, 0.15) is 6.42 Å². The van der Waals surface area contributed by atoms with Gasteiger partial charge in [0.05, 0.1) is 17.4 Å². The van der Waals surface area contributed by atoms with Gasteiger partial charge < -0.3 is 20.1 Å². The Hall–Kier alpha value is -2.02. The molecule has 0 aromatic heterocycles. The van der Waals surface area contributed by atoms with Crippen molar-refractivity contribution in [1.82, 2.24) is 10.2 Å². The summed E-state index contributed by atoms with van der Waals surface area (Å²) in [5, 5.41) is 14.3. The number of hydrogen-bond acceptors (Lipinski definition) is 7. The third-order valence-corrected chi connectivity index (χ3v) is 9.07. The Bertz CT molecular complexity index is 1340. The Labute approximate surface area is 258 Å². The van der Waals surface area contributed by atoms with Crippen LogP contribution in [-0.2, 0) is 19.2 Å². The zero-order valence-electron chi connectivity index (χ0n) is 20.4. The molecule has 2 atom stereocenters. The fourth-order valence-electron chi connectivity index (χ4n) is 4.45. The van der Waals surface area contributed by atoms with Crippen LogP contribution in [-0.4, -0.2) is 58.1 Å². The number of amides is 3. The van der Waals surface area contributed by atoms with Gasteiger partial charge in [0, 0.05) is 32.9 Å². The van der Waals surface area contributed by atoms with Gasteiger partial charge in [-0.3, -0.25) is 19.3 Å². The van der Waals surface area contributed by atoms with Crippen LogP contribution in [0.2, 0.25) is 0 Å². The predicted molar refractivity (Wildman–Crippen MR) is 143 cm³/mol. The average molecular weight is 622 g/mol. The number of β-lactam (4-membered cyclic amide) rings is 1. The second kappa shape index (κ2) is 12.4. The van der Waals surface area contributed by atoms with Gasteiger partial charge in [-0.15, -0.1) is 23.5 Å². The average Bonchev–Trinajstić information content (AvgIpc) is 3.26. The maximum Gasteiger partial charge on any atom is 1.00 e. The molecule has 0 spiro atoms. The summed E-state index contributed by atoms with van der Waals surface area (Å²) in [5.74, 6) is -2.07. The first-order valence-corrected chi connectivity index (χ1v) is 14.3. The summed E-state index contributed by atoms with van der Waals surface area (Å²) in [7, 11) is 0. The van der Waals surface area contributed by atoms with Crippen molar-refractivity contribution < 1.29 is 53.8 Å². The molecule has 1 N–H and O–H groups in total. The van der Waals surface area contributed by atoms with Crippen LogP contribution in [0.15, 0.2) is 86.9 Å². The van der Waals surface area contributed by atoms with Gasteiger partial charge in [0.1, 0.15) is 11.4 Å². The van der Waals surface area contributed by atoms with Gasteiger partial charge in [0.15, 0.2) is 0 Å². The van der Waals surface area contributed by atoms with Crippen molar-refractivity contribution >= 4 is 68.8 Å². The summed E-state index contributed by atoms with van der Waals surface area (Å²) in [6.07, 6.45) is 2.04. The number of nitrogens with one attached hydrogen (secondary N) is 1. The van der Waals surface area contributed by atoms with Gasteiger partial charge in [-0.25, -0.2) is 0 Å². The van der Waals surface area contributed by atoms with Crippen LogP contribution >= 0.6 is 39.5 Å². The molecule has 190 valence electrons. The molecule has 0 aliphatic carbocycles. The molecule has 3 aliphatic heterocycles. The zero-order valence-corrected chi connectivity index (χ0v) is 25.6. The number of aliphatic carboxylic acids is 1. The quantitative estimate of drug-likeness (QED) is 0.189. The molecule has 38 heavy (non-hydrogen) atoms. The zero-order chi connectivity index (χ0) is 26.1. The van der Waals surface area contributed by atoms with E-state index in [4.69, 9.17) is 0 Å². The normalized spacial score (nSPS) is 21.7. The molecule has 12 heteroatoms. The van der Waals surface area contributed by atoms with Crippen molar-refractivity contribution in [2.75, 3.05) is 23.0 Å². The largest absolute Gasteiger partial charge is 1.00 e. The van der Waals surface area contributed by atoms with Gasteiger partial charge >= 0.3 is 29.6 Å². The Kier molecular flexibility index (Phi) is 9.49. The Morgan fingerprint density at radius 2 is 1.84 bits per heavy atom. The number of benzene rings is 2. The van der Waals surface area contributed by atoms with E-state index in [9.17, 15) is 24.3 Å². The second-order valence-electron chi connectivity index (χ2n) is 8.57. The molecule has 2 fully saturated rings. The van der Waals surface area contributed by atoms with Gasteiger partial charge in [-0.2, -0.15) is 0 Å². The molecule has 2 aromatic rings. The van der Waals surface area contributed by atoms with E-state index in [0.717, 1.165) is 20.0 Å². The number of rotatable bonds is 7. The van der Waals surface area contributed by atoms with Crippen molar-refractivity contribution in [3.8, 4) is 0 Å². The standard InChI is InChI=1S/C26H22BrN3O5S2.Na/c27-17-6-8-19(9-7-17)36-14-20(31)28-21-24(33)30-22(26(34)35)16(13-37-25(21)30)12-15-10-11-29(23(15)32)18-4-2-1-3-5-18;/h1-9,12,21,25H,10-11,13-14H2,(H,28,31)(H,34,35);/q;+1/p-1/b15-12+;/t21-,25-;/m1./s1. The van der Waals surface area contributed by atoms with Crippen molar-refractivity contribution in [3.63, 3.8) is 0 Å². The number of hydrogen-bond donors (Lipinski definition) is 1. The molecule has 0 saturated carbocycles. The molecule has 2 saturated heterocycles. The summed E-state index contributed by atoms with van der Waals surface area (Å²) in [6.45, 7) is 0.493. The molecular weight excluding hydrogens is 601 g/mol. The van der Waals surface area contributed by atoms with Gasteiger partial charge in [-0.05, 0) is 54.5 Å². The fourth-order valence-corrected chi connectivity index (χ4v) is 6.73. The molecule has 0 bridgehead atoms. The Morgan fingerprint density at radius 1 is 1.13 bits per heavy atom. The van der Waals surface area contributed by atoms with E-state index in [1.807, 2.05) is 54.6 Å². The Morgan fingerprint density at radius 3 is 2.53 bits per heavy atom. The summed E-state index contributed by atoms with van der Waals surface area (Å²) in [6, 6.07) is 16.0. The van der Waals surface area contributed by atoms with Crippen LogP contribution in [0, 0.1) is 0 Å². The molecule has 3 aliphatic rings. The Balaban J connectivity index is 0.00000336. The van der Waals surface area contributed by atoms with E-state index in [-0.39, 0.29) is 58.6 Å². The molecular formula is C26H21BrN3NaO5S2. The molecule has 5 rings (SSSR count). The number of carbonyl (C=O) groups excluding carboxylic acids is 4. The first kappa shape index (κ1) is 29.0. The minimum atomic E-state index is -1.48. The van der Waals surface area contributed by atoms with Crippen molar-refractivity contribution in [1.29, 1.82) is 0 Å². The van der Waals surface area contributed by atoms with E-state index in [0.29, 0.717) is 24.1 Å². The number of carbonyl (C=O) groups is 4. The monoisotopic (exact) mass is 621 g/mol. The minimum absolute atomic E-state index is 0. The number of thioether (sulfide) groups is 2. The van der Waals surface area contributed by atoms with Crippen molar-refractivity contribution in [2.45, 2.75) is 22.7 Å². The van der Waals surface area contributed by atoms with E-state index in [1.54, 1.807) is 11.0 Å². The van der Waals surface area contributed by atoms with E-state index < -0.39 is 23.3 Å². The number of carboxylic acid groups (broad SMARTS) is 1. The maximum atomic E-state index is 13.0. The minimum Gasteiger partial charge on any atom is -0.543 e. The second-order valence-corrected chi connectivity index (χ2v) is 11.6. The van der Waals surface area contributed by atoms with Crippen LogP contribution in [0.25, 0.3) is 0 Å². The van der Waals surface area contributed by atoms with E-state index in [2.05, 4.69) is 21.2 Å². The third-order valence-electron chi connectivity index (χ3n) is 6.23. The fraction of sp³-hybridized carbons (Fsp3) is 0.231. The van der Waals surface area contributed by atoms with Crippen LogP contribution in [0.5, 0.6) is 0 Å². The molecule has 3 heterocycles. The number of fused-ring (bicyclic) bond motifs is 1. The first-order valence-electron chi connectivity index (χ1n) is 11.5. The van der Waals surface area contributed by atoms with Crippen LogP contribution in [0.3, 0.4) is 0 Å². The summed E-state index contributed by atoms with van der Waals surface area (Å²) in [5.41, 5.74) is 1.39. The third kappa shape index (κ3) is 5.93. The van der Waals surface area contributed by atoms with E-state index in [1.165, 1.54) is 23.5 Å². The summed E-state index contributed by atoms with van der Waals surface area (Å²) >= 11 is 6.07. The van der Waals surface area contributed by atoms with Crippen molar-refractivity contribution in [2.24, 2.45) is 0 Å². The SMILES string of the molecule is O=C(CSc1ccc(Br)cc1)N[C@@H]1C(=O)N2C(C(=O)[O-])=C(/C=C3\CCN(c4ccccc4)C3=O)CS[C@H]12.[Na+]. The first-order chi connectivity index (χ1) is 17.8. The van der Waals surface area contributed by atoms with Crippen molar-refractivity contribution in [3.05, 3.63) is 82.0 Å². The van der Waals surface area contributed by atoms with Crippen LogP contribution < -0.4 is 44.9 Å². The predicted octanol–water partition coefficient (Wildman–Crippen LogP) is -0.688. The molecule has 0 unspecified atom stereocenters. The van der Waals surface area contributed by atoms with Gasteiger partial charge in [-0.1, -0.05) is 34.1 Å². The molecule has 0 radical (unpaired) electrons. The number of nitrogens with zero attached hydrogens (tertiary/aromatic N) is 2. The number of anilines is 1. The molecule has 8 nitrogen and oxygen atoms in total. The van der Waals surface area contributed by atoms with Crippen LogP contribution in [0.4, 0.5) is 5.69 Å². The molecule has 2 aromatic carbocycles. The number of carboxylic acids is 1. The number of allylic oxidation sites excluding steroid dienone is 1. The maximum absolute atomic E-state index is 13.0. The number of para-hydroxylation sites is 1. The summed E-state index contributed by atoms with van der Waals surface area (Å²) < 4.78 is 0.938. The van der Waals surface area contributed by atoms with E-state index >= 15 is 0 Å². The van der Waals surface area contributed by atoms with Gasteiger partial charge in [0.2, 0.25) is 5.91 Å². The molecule has 3 amide bonds. The smallest absolute Gasteiger partial charge is 0.543 e. The number of halogens is 1. The summed E-state index contributed by atoms with van der Waals surface area (Å²) in [4.78, 5) is 54.2. The van der Waals surface area contributed by atoms with Gasteiger partial charge in [0.25, 0.3) is 11.8 Å². The topological polar surface area (TPSA) is 110 Å².